The summed E-state index contributed by atoms with van der Waals surface area (Å²) in [6.07, 6.45) is 3.52. The topological polar surface area (TPSA) is 104 Å². The minimum absolute atomic E-state index is 0.0291. The first-order chi connectivity index (χ1) is 13.1. The van der Waals surface area contributed by atoms with Crippen molar-refractivity contribution in [3.63, 3.8) is 0 Å². The van der Waals surface area contributed by atoms with E-state index in [4.69, 9.17) is 5.73 Å². The fraction of sp³-hybridized carbons (Fsp3) is 0.100. The van der Waals surface area contributed by atoms with E-state index in [0.717, 1.165) is 22.2 Å². The van der Waals surface area contributed by atoms with Gasteiger partial charge in [-0.25, -0.2) is 0 Å². The maximum atomic E-state index is 11.5. The molecule has 2 N–H and O–H groups in total. The van der Waals surface area contributed by atoms with E-state index in [-0.39, 0.29) is 10.8 Å². The highest BCUT2D eigenvalue weighted by Gasteiger charge is 2.32. The van der Waals surface area contributed by atoms with Gasteiger partial charge in [-0.2, -0.15) is 15.0 Å². The molecule has 1 unspecified atom stereocenters. The standard InChI is InChI=1S/C20H17N5OS/c1-13(26)27-18-10-6-5-9-15(18)16-11-12-17(19(21)20(16)23-22)25-24-14-7-3-2-4-8-14/h2-12,19H,21H2,1H3. The van der Waals surface area contributed by atoms with Crippen LogP contribution >= 0.6 is 11.8 Å². The first-order valence-corrected chi connectivity index (χ1v) is 9.06. The summed E-state index contributed by atoms with van der Waals surface area (Å²) < 4.78 is 0. The van der Waals surface area contributed by atoms with Crippen molar-refractivity contribution in [1.82, 2.24) is 0 Å². The molecule has 1 aliphatic carbocycles. The Morgan fingerprint density at radius 1 is 1.07 bits per heavy atom. The smallest absolute Gasteiger partial charge is 0.322 e. The number of allylic oxidation sites excluding steroid dienone is 2. The number of rotatable bonds is 4. The molecule has 1 aliphatic rings. The summed E-state index contributed by atoms with van der Waals surface area (Å²) in [6.45, 7) is 1.51. The SMILES string of the molecule is CC(=O)Sc1ccccc1C1=CC=C(N=Nc2ccccc2)C(N)C1=[N+]=[N-]. The molecule has 0 bridgehead atoms. The lowest BCUT2D eigenvalue weighted by Gasteiger charge is -2.16. The van der Waals surface area contributed by atoms with Crippen molar-refractivity contribution in [2.45, 2.75) is 17.9 Å². The van der Waals surface area contributed by atoms with Gasteiger partial charge >= 0.3 is 5.71 Å². The molecular weight excluding hydrogens is 358 g/mol. The molecule has 0 saturated carbocycles. The number of hydrogen-bond acceptors (Lipinski definition) is 5. The van der Waals surface area contributed by atoms with Crippen LogP contribution in [0.2, 0.25) is 0 Å². The van der Waals surface area contributed by atoms with E-state index in [1.54, 1.807) is 12.2 Å². The lowest BCUT2D eigenvalue weighted by molar-refractivity contribution is -0.109. The van der Waals surface area contributed by atoms with Gasteiger partial charge in [-0.05, 0) is 30.4 Å². The minimum atomic E-state index is -0.738. The van der Waals surface area contributed by atoms with E-state index in [9.17, 15) is 10.3 Å². The molecule has 0 spiro atoms. The summed E-state index contributed by atoms with van der Waals surface area (Å²) >= 11 is 1.12. The molecule has 2 aromatic carbocycles. The summed E-state index contributed by atoms with van der Waals surface area (Å²) in [5.74, 6) is 0. The van der Waals surface area contributed by atoms with E-state index in [0.29, 0.717) is 17.0 Å². The van der Waals surface area contributed by atoms with Crippen molar-refractivity contribution in [3.8, 4) is 0 Å². The molecule has 0 aromatic heterocycles. The lowest BCUT2D eigenvalue weighted by atomic mass is 9.91. The second-order valence-electron chi connectivity index (χ2n) is 5.76. The Hall–Kier alpha value is -3.12. The first kappa shape index (κ1) is 18.7. The summed E-state index contributed by atoms with van der Waals surface area (Å²) in [5.41, 5.74) is 18.7. The molecule has 0 fully saturated rings. The molecule has 3 rings (SSSR count). The van der Waals surface area contributed by atoms with Crippen LogP contribution in [-0.4, -0.2) is 21.7 Å². The van der Waals surface area contributed by atoms with Crippen LogP contribution in [0.1, 0.15) is 12.5 Å². The number of nitrogens with two attached hydrogens (primary N) is 1. The van der Waals surface area contributed by atoms with Gasteiger partial charge in [0.25, 0.3) is 0 Å². The zero-order valence-electron chi connectivity index (χ0n) is 14.6. The Bertz CT molecular complexity index is 1000. The Balaban J connectivity index is 1.99. The average Bonchev–Trinajstić information content (AvgIpc) is 2.68. The van der Waals surface area contributed by atoms with Crippen LogP contribution in [0, 0.1) is 0 Å². The molecule has 0 heterocycles. The Morgan fingerprint density at radius 3 is 2.48 bits per heavy atom. The molecule has 27 heavy (non-hydrogen) atoms. The van der Waals surface area contributed by atoms with E-state index in [1.807, 2.05) is 54.6 Å². The predicted octanol–water partition coefficient (Wildman–Crippen LogP) is 4.39. The van der Waals surface area contributed by atoms with Gasteiger partial charge in [0, 0.05) is 17.4 Å². The average molecular weight is 375 g/mol. The molecule has 0 radical (unpaired) electrons. The molecule has 0 aliphatic heterocycles. The predicted molar refractivity (Wildman–Crippen MR) is 107 cm³/mol. The van der Waals surface area contributed by atoms with E-state index < -0.39 is 6.04 Å². The van der Waals surface area contributed by atoms with Crippen LogP contribution < -0.4 is 5.73 Å². The number of hydrogen-bond donors (Lipinski definition) is 1. The van der Waals surface area contributed by atoms with Crippen LogP contribution in [-0.2, 0) is 4.79 Å². The fourth-order valence-corrected chi connectivity index (χ4v) is 3.39. The number of nitrogens with zero attached hydrogens (tertiary/aromatic N) is 4. The summed E-state index contributed by atoms with van der Waals surface area (Å²) in [5, 5.41) is 8.33. The van der Waals surface area contributed by atoms with Crippen molar-refractivity contribution in [2.75, 3.05) is 0 Å². The first-order valence-electron chi connectivity index (χ1n) is 8.24. The third-order valence-corrected chi connectivity index (χ3v) is 4.75. The van der Waals surface area contributed by atoms with Crippen LogP contribution in [0.3, 0.4) is 0 Å². The Morgan fingerprint density at radius 2 is 1.78 bits per heavy atom. The molecule has 0 amide bonds. The zero-order chi connectivity index (χ0) is 19.2. The summed E-state index contributed by atoms with van der Waals surface area (Å²) in [4.78, 5) is 15.7. The van der Waals surface area contributed by atoms with Crippen LogP contribution in [0.5, 0.6) is 0 Å². The normalized spacial score (nSPS) is 16.7. The number of azo groups is 1. The van der Waals surface area contributed by atoms with Gasteiger partial charge in [-0.15, -0.1) is 0 Å². The molecule has 134 valence electrons. The number of carbonyl (C=O) groups is 1. The van der Waals surface area contributed by atoms with Gasteiger partial charge in [-0.3, -0.25) is 4.79 Å². The van der Waals surface area contributed by atoms with Crippen molar-refractivity contribution in [2.24, 2.45) is 16.0 Å². The van der Waals surface area contributed by atoms with Crippen LogP contribution in [0.4, 0.5) is 5.69 Å². The monoisotopic (exact) mass is 375 g/mol. The molecule has 6 nitrogen and oxygen atoms in total. The van der Waals surface area contributed by atoms with Gasteiger partial charge in [0.2, 0.25) is 0 Å². The lowest BCUT2D eigenvalue weighted by Crippen LogP contribution is -2.35. The Labute approximate surface area is 161 Å². The highest BCUT2D eigenvalue weighted by Crippen LogP contribution is 2.32. The second kappa shape index (κ2) is 8.51. The number of benzene rings is 2. The highest BCUT2D eigenvalue weighted by atomic mass is 32.2. The summed E-state index contributed by atoms with van der Waals surface area (Å²) in [6, 6.07) is 16.0. The molecule has 1 atom stereocenters. The highest BCUT2D eigenvalue weighted by molar-refractivity contribution is 8.13. The second-order valence-corrected chi connectivity index (χ2v) is 6.98. The van der Waals surface area contributed by atoms with Crippen molar-refractivity contribution in [1.29, 1.82) is 0 Å². The van der Waals surface area contributed by atoms with E-state index >= 15 is 0 Å². The Kier molecular flexibility index (Phi) is 5.88. The van der Waals surface area contributed by atoms with Crippen molar-refractivity contribution >= 4 is 33.8 Å². The summed E-state index contributed by atoms with van der Waals surface area (Å²) in [7, 11) is 0. The van der Waals surface area contributed by atoms with Crippen LogP contribution in [0.25, 0.3) is 11.1 Å². The van der Waals surface area contributed by atoms with Crippen LogP contribution in [0.15, 0.2) is 87.6 Å². The zero-order valence-corrected chi connectivity index (χ0v) is 15.4. The quantitative estimate of drug-likeness (QED) is 0.487. The minimum Gasteiger partial charge on any atom is -0.361 e. The third-order valence-electron chi connectivity index (χ3n) is 3.89. The molecular formula is C20H17N5OS. The van der Waals surface area contributed by atoms with Gasteiger partial charge in [0.15, 0.2) is 11.2 Å². The van der Waals surface area contributed by atoms with Gasteiger partial charge in [-0.1, -0.05) is 48.2 Å². The number of thioether (sulfide) groups is 1. The van der Waals surface area contributed by atoms with Gasteiger partial charge in [0.05, 0.1) is 17.0 Å². The van der Waals surface area contributed by atoms with Crippen molar-refractivity contribution < 1.29 is 9.58 Å². The number of carbonyl (C=O) groups excluding carboxylic acids is 1. The van der Waals surface area contributed by atoms with Crippen molar-refractivity contribution in [3.05, 3.63) is 83.5 Å². The van der Waals surface area contributed by atoms with E-state index in [2.05, 4.69) is 15.0 Å². The molecule has 2 aromatic rings. The molecule has 0 saturated heterocycles. The van der Waals surface area contributed by atoms with Gasteiger partial charge in [0.1, 0.15) is 0 Å². The largest absolute Gasteiger partial charge is 0.361 e. The maximum absolute atomic E-state index is 11.5. The molecule has 7 heteroatoms. The van der Waals surface area contributed by atoms with Gasteiger partial charge < -0.3 is 11.3 Å². The maximum Gasteiger partial charge on any atom is 0.322 e. The fourth-order valence-electron chi connectivity index (χ4n) is 2.65. The van der Waals surface area contributed by atoms with E-state index in [1.165, 1.54) is 6.92 Å². The third kappa shape index (κ3) is 4.35.